The maximum absolute atomic E-state index is 13.5. The van der Waals surface area contributed by atoms with Crippen LogP contribution < -0.4 is 14.4 Å². The summed E-state index contributed by atoms with van der Waals surface area (Å²) in [6.45, 7) is 11.6. The molecule has 208 valence electrons. The molecule has 40 heavy (non-hydrogen) atoms. The van der Waals surface area contributed by atoms with Gasteiger partial charge >= 0.3 is 11.9 Å². The van der Waals surface area contributed by atoms with Gasteiger partial charge in [-0.3, -0.25) is 14.5 Å². The second-order valence-corrected chi connectivity index (χ2v) is 9.86. The molecule has 0 spiro atoms. The molecular weight excluding hydrogens is 532 g/mol. The molecule has 0 unspecified atom stereocenters. The van der Waals surface area contributed by atoms with Gasteiger partial charge in [0.1, 0.15) is 28.7 Å². The number of hydrogen-bond donors (Lipinski definition) is 1. The summed E-state index contributed by atoms with van der Waals surface area (Å²) in [5.41, 5.74) is 1.93. The number of carbonyl (C=O) groups excluding carboxylic acids is 3. The molecule has 0 radical (unpaired) electrons. The van der Waals surface area contributed by atoms with Crippen LogP contribution in [0, 0.1) is 13.8 Å². The first-order valence-electron chi connectivity index (χ1n) is 12.7. The van der Waals surface area contributed by atoms with E-state index in [2.05, 4.69) is 11.6 Å². The van der Waals surface area contributed by atoms with E-state index in [9.17, 15) is 19.5 Å². The first-order valence-corrected chi connectivity index (χ1v) is 13.6. The maximum Gasteiger partial charge on any atom is 0.350 e. The van der Waals surface area contributed by atoms with Crippen molar-refractivity contribution in [2.24, 2.45) is 0 Å². The van der Waals surface area contributed by atoms with Crippen LogP contribution >= 0.6 is 11.3 Å². The van der Waals surface area contributed by atoms with E-state index in [1.165, 1.54) is 4.90 Å². The molecule has 0 saturated carbocycles. The highest BCUT2D eigenvalue weighted by atomic mass is 32.1. The van der Waals surface area contributed by atoms with Crippen LogP contribution in [0.4, 0.5) is 5.13 Å². The van der Waals surface area contributed by atoms with Crippen molar-refractivity contribution < 1.29 is 33.7 Å². The first kappa shape index (κ1) is 28.6. The van der Waals surface area contributed by atoms with E-state index in [4.69, 9.17) is 14.2 Å². The summed E-state index contributed by atoms with van der Waals surface area (Å²) in [5.74, 6) is -1.42. The van der Waals surface area contributed by atoms with E-state index in [0.29, 0.717) is 41.5 Å². The van der Waals surface area contributed by atoms with Crippen molar-refractivity contribution in [3.05, 3.63) is 88.0 Å². The minimum Gasteiger partial charge on any atom is -0.507 e. The molecule has 1 amide bonds. The zero-order valence-electron chi connectivity index (χ0n) is 22.7. The maximum atomic E-state index is 13.5. The lowest BCUT2D eigenvalue weighted by atomic mass is 9.95. The van der Waals surface area contributed by atoms with Crippen molar-refractivity contribution in [3.63, 3.8) is 0 Å². The number of carbonyl (C=O) groups is 3. The fraction of sp³-hybridized carbons (Fsp3) is 0.267. The van der Waals surface area contributed by atoms with E-state index in [-0.39, 0.29) is 27.9 Å². The first-order chi connectivity index (χ1) is 19.2. The Labute approximate surface area is 236 Å². The molecule has 4 rings (SSSR count). The Bertz CT molecular complexity index is 1490. The Morgan fingerprint density at radius 1 is 1.10 bits per heavy atom. The third-order valence-electron chi connectivity index (χ3n) is 6.21. The van der Waals surface area contributed by atoms with E-state index in [1.54, 1.807) is 62.4 Å². The predicted octanol–water partition coefficient (Wildman–Crippen LogP) is 5.53. The van der Waals surface area contributed by atoms with Crippen molar-refractivity contribution in [2.45, 2.75) is 33.7 Å². The molecule has 1 N–H and O–H groups in total. The number of ether oxygens (including phenoxy) is 3. The third-order valence-corrected chi connectivity index (χ3v) is 7.35. The Kier molecular flexibility index (Phi) is 8.69. The fourth-order valence-electron chi connectivity index (χ4n) is 4.39. The molecule has 1 aromatic heterocycles. The number of aromatic nitrogens is 1. The minimum absolute atomic E-state index is 0.0983. The highest BCUT2D eigenvalue weighted by Gasteiger charge is 2.48. The predicted molar refractivity (Wildman–Crippen MR) is 152 cm³/mol. The Morgan fingerprint density at radius 2 is 1.82 bits per heavy atom. The Hall–Kier alpha value is -4.44. The van der Waals surface area contributed by atoms with Crippen molar-refractivity contribution in [3.8, 4) is 11.5 Å². The molecule has 2 aromatic carbocycles. The largest absolute Gasteiger partial charge is 0.507 e. The number of aliphatic hydroxyl groups excluding tert-OH is 1. The Morgan fingerprint density at radius 3 is 2.45 bits per heavy atom. The molecule has 1 atom stereocenters. The van der Waals surface area contributed by atoms with Gasteiger partial charge in [0.05, 0.1) is 30.5 Å². The summed E-state index contributed by atoms with van der Waals surface area (Å²) in [6, 6.07) is 10.9. The SMILES string of the molecule is C=CCOc1ccc([C@@H]2C(=C(O)c3ccc(OCC)c(C)c3)C(=O)C(=O)N2c2nc(C)c(C(=O)OCC)s2)cc1. The third kappa shape index (κ3) is 5.48. The van der Waals surface area contributed by atoms with E-state index >= 15 is 0 Å². The molecule has 10 heteroatoms. The van der Waals surface area contributed by atoms with Gasteiger partial charge in [0.15, 0.2) is 5.13 Å². The van der Waals surface area contributed by atoms with Crippen LogP contribution in [0.5, 0.6) is 11.5 Å². The number of nitrogens with zero attached hydrogens (tertiary/aromatic N) is 2. The van der Waals surface area contributed by atoms with Gasteiger partial charge in [-0.2, -0.15) is 0 Å². The van der Waals surface area contributed by atoms with Gasteiger partial charge in [-0.15, -0.1) is 0 Å². The monoisotopic (exact) mass is 562 g/mol. The summed E-state index contributed by atoms with van der Waals surface area (Å²) < 4.78 is 16.3. The summed E-state index contributed by atoms with van der Waals surface area (Å²) >= 11 is 0.953. The highest BCUT2D eigenvalue weighted by Crippen LogP contribution is 2.44. The van der Waals surface area contributed by atoms with Gasteiger partial charge < -0.3 is 19.3 Å². The molecule has 2 heterocycles. The number of hydrogen-bond acceptors (Lipinski definition) is 9. The molecule has 1 aliphatic rings. The molecule has 1 aliphatic heterocycles. The number of Topliss-reactive ketones (excluding diaryl/α,β-unsaturated/α-hetero) is 1. The van der Waals surface area contributed by atoms with Crippen molar-refractivity contribution in [1.29, 1.82) is 0 Å². The summed E-state index contributed by atoms with van der Waals surface area (Å²) in [4.78, 5) is 45.4. The van der Waals surface area contributed by atoms with Gasteiger partial charge in [0, 0.05) is 5.56 Å². The quantitative estimate of drug-likeness (QED) is 0.113. The van der Waals surface area contributed by atoms with Crippen LogP contribution in [0.15, 0.2) is 60.7 Å². The van der Waals surface area contributed by atoms with Crippen LogP contribution in [0.25, 0.3) is 5.76 Å². The number of anilines is 1. The summed E-state index contributed by atoms with van der Waals surface area (Å²) in [5, 5.41) is 11.6. The zero-order chi connectivity index (χ0) is 29.0. The second kappa shape index (κ2) is 12.2. The fourth-order valence-corrected chi connectivity index (χ4v) is 5.38. The summed E-state index contributed by atoms with van der Waals surface area (Å²) in [6.07, 6.45) is 1.62. The van der Waals surface area contributed by atoms with Crippen LogP contribution in [0.3, 0.4) is 0 Å². The number of aliphatic hydroxyl groups is 1. The van der Waals surface area contributed by atoms with Crippen molar-refractivity contribution in [1.82, 2.24) is 4.98 Å². The molecule has 3 aromatic rings. The van der Waals surface area contributed by atoms with E-state index < -0.39 is 23.7 Å². The number of amides is 1. The van der Waals surface area contributed by atoms with Crippen LogP contribution in [-0.2, 0) is 14.3 Å². The smallest absolute Gasteiger partial charge is 0.350 e. The number of esters is 1. The second-order valence-electron chi connectivity index (χ2n) is 8.88. The van der Waals surface area contributed by atoms with Crippen LogP contribution in [0.2, 0.25) is 0 Å². The minimum atomic E-state index is -1.01. The van der Waals surface area contributed by atoms with Crippen molar-refractivity contribution in [2.75, 3.05) is 24.7 Å². The number of aryl methyl sites for hydroxylation is 2. The average molecular weight is 563 g/mol. The normalized spacial score (nSPS) is 16.2. The lowest BCUT2D eigenvalue weighted by Gasteiger charge is -2.23. The standard InChI is InChI=1S/C30H30N2O7S/c1-6-15-39-21-12-9-19(10-13-21)24-23(25(33)20-11-14-22(37-7-2)17(4)16-20)26(34)28(35)32(24)30-31-18(5)27(40-30)29(36)38-8-3/h6,9-14,16,24,33H,1,7-8,15H2,2-5H3/t24-/m1/s1. The lowest BCUT2D eigenvalue weighted by Crippen LogP contribution is -2.29. The average Bonchev–Trinajstić information content (AvgIpc) is 3.45. The number of rotatable bonds is 10. The van der Waals surface area contributed by atoms with Crippen LogP contribution in [-0.4, -0.2) is 47.6 Å². The number of thiazole rings is 1. The number of benzene rings is 2. The Balaban J connectivity index is 1.87. The molecule has 0 aliphatic carbocycles. The van der Waals surface area contributed by atoms with Gasteiger partial charge in [0.2, 0.25) is 0 Å². The molecular formula is C30H30N2O7S. The highest BCUT2D eigenvalue weighted by molar-refractivity contribution is 7.17. The van der Waals surface area contributed by atoms with E-state index in [1.807, 2.05) is 13.8 Å². The van der Waals surface area contributed by atoms with Gasteiger partial charge in [-0.1, -0.05) is 36.1 Å². The van der Waals surface area contributed by atoms with Crippen molar-refractivity contribution >= 4 is 39.9 Å². The molecule has 1 saturated heterocycles. The topological polar surface area (TPSA) is 115 Å². The van der Waals surface area contributed by atoms with Gasteiger partial charge in [-0.25, -0.2) is 9.78 Å². The van der Waals surface area contributed by atoms with Gasteiger partial charge in [-0.05, 0) is 69.2 Å². The summed E-state index contributed by atoms with van der Waals surface area (Å²) in [7, 11) is 0. The van der Waals surface area contributed by atoms with Crippen LogP contribution in [0.1, 0.15) is 51.9 Å². The van der Waals surface area contributed by atoms with Gasteiger partial charge in [0.25, 0.3) is 5.78 Å². The molecule has 1 fully saturated rings. The molecule has 9 nitrogen and oxygen atoms in total. The molecule has 0 bridgehead atoms. The lowest BCUT2D eigenvalue weighted by molar-refractivity contribution is -0.132. The van der Waals surface area contributed by atoms with E-state index in [0.717, 1.165) is 16.9 Å². The zero-order valence-corrected chi connectivity index (χ0v) is 23.5. The number of ketones is 1.